The molecule has 0 N–H and O–H groups in total. The van der Waals surface area contributed by atoms with Gasteiger partial charge in [-0.05, 0) is 24.1 Å². The zero-order valence-corrected chi connectivity index (χ0v) is 13.5. The van der Waals surface area contributed by atoms with E-state index < -0.39 is 9.05 Å². The number of ether oxygens (including phenoxy) is 1. The van der Waals surface area contributed by atoms with E-state index in [1.807, 2.05) is 6.07 Å². The van der Waals surface area contributed by atoms with Crippen molar-refractivity contribution in [3.8, 4) is 0 Å². The summed E-state index contributed by atoms with van der Waals surface area (Å²) < 4.78 is 28.0. The molecule has 5 heteroatoms. The Morgan fingerprint density at radius 1 is 1.10 bits per heavy atom. The van der Waals surface area contributed by atoms with Gasteiger partial charge >= 0.3 is 0 Å². The smallest absolute Gasteiger partial charge is 0.261 e. The highest BCUT2D eigenvalue weighted by Crippen LogP contribution is 2.16. The molecule has 0 radical (unpaired) electrons. The predicted octanol–water partition coefficient (Wildman–Crippen LogP) is 4.49. The van der Waals surface area contributed by atoms with Crippen molar-refractivity contribution in [3.05, 3.63) is 29.8 Å². The lowest BCUT2D eigenvalue weighted by molar-refractivity contribution is 0.116. The van der Waals surface area contributed by atoms with Gasteiger partial charge in [-0.25, -0.2) is 8.42 Å². The maximum Gasteiger partial charge on any atom is 0.261 e. The topological polar surface area (TPSA) is 43.4 Å². The van der Waals surface area contributed by atoms with Crippen molar-refractivity contribution in [3.63, 3.8) is 0 Å². The number of benzene rings is 1. The first kappa shape index (κ1) is 17.5. The first-order valence-electron chi connectivity index (χ1n) is 7.15. The molecule has 3 nitrogen and oxygen atoms in total. The summed E-state index contributed by atoms with van der Waals surface area (Å²) in [7, 11) is 1.65. The zero-order valence-electron chi connectivity index (χ0n) is 12.0. The van der Waals surface area contributed by atoms with Crippen LogP contribution in [0.5, 0.6) is 0 Å². The highest BCUT2D eigenvalue weighted by Gasteiger charge is 2.09. The summed E-state index contributed by atoms with van der Waals surface area (Å²) >= 11 is 0. The molecule has 0 bridgehead atoms. The third-order valence-corrected chi connectivity index (χ3v) is 4.44. The molecule has 0 atom stereocenters. The fraction of sp³-hybridized carbons (Fsp3) is 0.600. The van der Waals surface area contributed by atoms with Crippen molar-refractivity contribution >= 4 is 19.7 Å². The van der Waals surface area contributed by atoms with Gasteiger partial charge in [0.25, 0.3) is 9.05 Å². The summed E-state index contributed by atoms with van der Waals surface area (Å²) in [5.74, 6) is 0. The molecule has 0 saturated carbocycles. The summed E-state index contributed by atoms with van der Waals surface area (Å²) in [5, 5.41) is 0. The summed E-state index contributed by atoms with van der Waals surface area (Å²) in [6, 6.07) is 6.56. The molecule has 0 aliphatic carbocycles. The Morgan fingerprint density at radius 2 is 1.80 bits per heavy atom. The molecule has 1 rings (SSSR count). The van der Waals surface area contributed by atoms with E-state index in [0.717, 1.165) is 12.0 Å². The van der Waals surface area contributed by atoms with Crippen LogP contribution in [0.4, 0.5) is 0 Å². The molecule has 0 unspecified atom stereocenters. The molecule has 1 aromatic carbocycles. The van der Waals surface area contributed by atoms with E-state index in [1.165, 1.54) is 38.2 Å². The second kappa shape index (κ2) is 9.37. The molecule has 0 aliphatic rings. The van der Waals surface area contributed by atoms with Crippen LogP contribution in [0.25, 0.3) is 0 Å². The van der Waals surface area contributed by atoms with E-state index in [1.54, 1.807) is 12.1 Å². The van der Waals surface area contributed by atoms with Crippen LogP contribution in [0.1, 0.15) is 51.0 Å². The number of rotatable bonds is 10. The maximum atomic E-state index is 11.2. The number of unbranched alkanes of at least 4 members (excludes halogenated alkanes) is 5. The minimum absolute atomic E-state index is 0.125. The van der Waals surface area contributed by atoms with Crippen molar-refractivity contribution < 1.29 is 13.2 Å². The maximum absolute atomic E-state index is 11.2. The highest BCUT2D eigenvalue weighted by molar-refractivity contribution is 8.13. The van der Waals surface area contributed by atoms with E-state index in [4.69, 9.17) is 15.4 Å². The molecule has 0 aromatic heterocycles. The number of halogens is 1. The van der Waals surface area contributed by atoms with Crippen LogP contribution >= 0.6 is 10.7 Å². The van der Waals surface area contributed by atoms with Crippen LogP contribution in [-0.4, -0.2) is 15.0 Å². The minimum Gasteiger partial charge on any atom is -0.377 e. The van der Waals surface area contributed by atoms with Crippen LogP contribution < -0.4 is 0 Å². The van der Waals surface area contributed by atoms with E-state index in [0.29, 0.717) is 13.2 Å². The van der Waals surface area contributed by atoms with Crippen LogP contribution in [0.3, 0.4) is 0 Å². The molecule has 0 amide bonds. The van der Waals surface area contributed by atoms with Gasteiger partial charge in [0.2, 0.25) is 0 Å². The third kappa shape index (κ3) is 7.27. The monoisotopic (exact) mass is 318 g/mol. The van der Waals surface area contributed by atoms with Crippen molar-refractivity contribution in [1.82, 2.24) is 0 Å². The summed E-state index contributed by atoms with van der Waals surface area (Å²) in [4.78, 5) is 0.125. The molecule has 0 spiro atoms. The lowest BCUT2D eigenvalue weighted by Gasteiger charge is -2.05. The lowest BCUT2D eigenvalue weighted by Crippen LogP contribution is -1.98. The second-order valence-electron chi connectivity index (χ2n) is 4.91. The van der Waals surface area contributed by atoms with Crippen molar-refractivity contribution in [1.29, 1.82) is 0 Å². The summed E-state index contributed by atoms with van der Waals surface area (Å²) in [5.41, 5.74) is 0.831. The van der Waals surface area contributed by atoms with Crippen LogP contribution in [0.15, 0.2) is 29.2 Å². The first-order valence-corrected chi connectivity index (χ1v) is 9.46. The molecule has 0 aliphatic heterocycles. The van der Waals surface area contributed by atoms with Crippen molar-refractivity contribution in [2.75, 3.05) is 6.61 Å². The fourth-order valence-corrected chi connectivity index (χ4v) is 2.78. The average Bonchev–Trinajstić information content (AvgIpc) is 2.41. The lowest BCUT2D eigenvalue weighted by atomic mass is 10.1. The van der Waals surface area contributed by atoms with Crippen LogP contribution in [0.2, 0.25) is 0 Å². The second-order valence-corrected chi connectivity index (χ2v) is 7.47. The quantitative estimate of drug-likeness (QED) is 0.471. The van der Waals surface area contributed by atoms with Gasteiger partial charge in [0.05, 0.1) is 11.5 Å². The average molecular weight is 319 g/mol. The predicted molar refractivity (Wildman–Crippen MR) is 82.5 cm³/mol. The zero-order chi connectivity index (χ0) is 14.8. The Labute approximate surface area is 126 Å². The molecule has 1 aromatic rings. The van der Waals surface area contributed by atoms with E-state index >= 15 is 0 Å². The molecule has 114 valence electrons. The Hall–Kier alpha value is -0.580. The normalized spacial score (nSPS) is 11.7. The van der Waals surface area contributed by atoms with Gasteiger partial charge in [-0.2, -0.15) is 0 Å². The minimum atomic E-state index is -3.66. The van der Waals surface area contributed by atoms with Crippen LogP contribution in [-0.2, 0) is 20.4 Å². The first-order chi connectivity index (χ1) is 9.54. The van der Waals surface area contributed by atoms with Gasteiger partial charge in [0.1, 0.15) is 0 Å². The fourth-order valence-electron chi connectivity index (χ4n) is 1.96. The van der Waals surface area contributed by atoms with E-state index in [2.05, 4.69) is 6.92 Å². The van der Waals surface area contributed by atoms with Gasteiger partial charge in [-0.1, -0.05) is 51.2 Å². The van der Waals surface area contributed by atoms with Crippen molar-refractivity contribution in [2.45, 2.75) is 57.0 Å². The Bertz CT molecular complexity index is 486. The van der Waals surface area contributed by atoms with E-state index in [-0.39, 0.29) is 4.90 Å². The number of hydrogen-bond donors (Lipinski definition) is 0. The highest BCUT2D eigenvalue weighted by atomic mass is 35.7. The van der Waals surface area contributed by atoms with Gasteiger partial charge in [-0.3, -0.25) is 0 Å². The SMILES string of the molecule is CCCCCCCCOCc1cccc(S(=O)(=O)Cl)c1. The Kier molecular flexibility index (Phi) is 8.19. The Balaban J connectivity index is 2.22. The largest absolute Gasteiger partial charge is 0.377 e. The summed E-state index contributed by atoms with van der Waals surface area (Å²) in [6.07, 6.45) is 7.37. The van der Waals surface area contributed by atoms with Gasteiger partial charge in [0.15, 0.2) is 0 Å². The van der Waals surface area contributed by atoms with Gasteiger partial charge in [-0.15, -0.1) is 0 Å². The molecule has 20 heavy (non-hydrogen) atoms. The molecular weight excluding hydrogens is 296 g/mol. The van der Waals surface area contributed by atoms with Crippen molar-refractivity contribution in [2.24, 2.45) is 0 Å². The van der Waals surface area contributed by atoms with Crippen LogP contribution in [0, 0.1) is 0 Å². The molecular formula is C15H23ClO3S. The van der Waals surface area contributed by atoms with Gasteiger partial charge in [0, 0.05) is 17.3 Å². The van der Waals surface area contributed by atoms with E-state index in [9.17, 15) is 8.42 Å². The molecule has 0 fully saturated rings. The molecule has 0 heterocycles. The summed E-state index contributed by atoms with van der Waals surface area (Å²) in [6.45, 7) is 3.34. The molecule has 0 saturated heterocycles. The Morgan fingerprint density at radius 3 is 2.50 bits per heavy atom. The number of hydrogen-bond acceptors (Lipinski definition) is 3. The standard InChI is InChI=1S/C15H23ClO3S/c1-2-3-4-5-6-7-11-19-13-14-9-8-10-15(12-14)20(16,17)18/h8-10,12H,2-7,11,13H2,1H3. The van der Waals surface area contributed by atoms with Gasteiger partial charge < -0.3 is 4.74 Å². The third-order valence-electron chi connectivity index (χ3n) is 3.09.